The number of fused-ring (bicyclic) bond motifs is 1. The van der Waals surface area contributed by atoms with E-state index in [1.54, 1.807) is 16.7 Å². The molecule has 18 heavy (non-hydrogen) atoms. The molecule has 5 heteroatoms. The lowest BCUT2D eigenvalue weighted by Crippen LogP contribution is -2.27. The van der Waals surface area contributed by atoms with E-state index in [9.17, 15) is 4.79 Å². The monoisotopic (exact) mass is 246 g/mol. The Morgan fingerprint density at radius 3 is 3.00 bits per heavy atom. The number of likely N-dealkylation sites (N-methyl/N-ethyl adjacent to an activating group) is 1. The molecule has 0 unspecified atom stereocenters. The van der Waals surface area contributed by atoms with Crippen LogP contribution in [0.25, 0.3) is 5.65 Å². The fraction of sp³-hybridized carbons (Fsp3) is 0.385. The Balaban J connectivity index is 2.08. The Bertz CT molecular complexity index is 576. The molecule has 0 aliphatic heterocycles. The van der Waals surface area contributed by atoms with Crippen molar-refractivity contribution in [2.24, 2.45) is 0 Å². The number of rotatable bonds is 5. The maximum absolute atomic E-state index is 11.8. The lowest BCUT2D eigenvalue weighted by Gasteiger charge is -2.10. The summed E-state index contributed by atoms with van der Waals surface area (Å²) in [6.45, 7) is 2.46. The van der Waals surface area contributed by atoms with Gasteiger partial charge in [-0.2, -0.15) is 0 Å². The molecular weight excluding hydrogens is 228 g/mol. The van der Waals surface area contributed by atoms with Crippen LogP contribution in [0.4, 0.5) is 0 Å². The number of pyridine rings is 1. The number of aromatic nitrogens is 2. The van der Waals surface area contributed by atoms with Crippen LogP contribution in [0.5, 0.6) is 0 Å². The van der Waals surface area contributed by atoms with Gasteiger partial charge in [0.1, 0.15) is 5.65 Å². The first-order chi connectivity index (χ1) is 8.66. The first-order valence-electron chi connectivity index (χ1n) is 5.99. The second-order valence-corrected chi connectivity index (χ2v) is 4.49. The summed E-state index contributed by atoms with van der Waals surface area (Å²) >= 11 is 0. The largest absolute Gasteiger partial charge is 0.310 e. The van der Waals surface area contributed by atoms with Crippen LogP contribution in [0.2, 0.25) is 0 Å². The number of hydrogen-bond donors (Lipinski definition) is 1. The van der Waals surface area contributed by atoms with E-state index in [1.807, 2.05) is 32.3 Å². The molecule has 1 N–H and O–H groups in total. The molecule has 0 aliphatic carbocycles. The molecule has 0 saturated carbocycles. The van der Waals surface area contributed by atoms with Crippen LogP contribution in [-0.2, 0) is 6.54 Å². The molecule has 5 nitrogen and oxygen atoms in total. The van der Waals surface area contributed by atoms with Crippen molar-refractivity contribution in [3.63, 3.8) is 0 Å². The van der Waals surface area contributed by atoms with Gasteiger partial charge in [0.25, 0.3) is 5.56 Å². The number of nitrogens with one attached hydrogen (secondary N) is 1. The molecule has 0 saturated heterocycles. The molecule has 0 atom stereocenters. The third-order valence-electron chi connectivity index (χ3n) is 2.67. The van der Waals surface area contributed by atoms with Crippen LogP contribution in [-0.4, -0.2) is 41.5 Å². The molecule has 0 aliphatic rings. The predicted octanol–water partition coefficient (Wildman–Crippen LogP) is 0.346. The second-order valence-electron chi connectivity index (χ2n) is 4.49. The van der Waals surface area contributed by atoms with Crippen molar-refractivity contribution in [3.05, 3.63) is 46.5 Å². The maximum Gasteiger partial charge on any atom is 0.258 e. The van der Waals surface area contributed by atoms with Crippen molar-refractivity contribution in [1.29, 1.82) is 0 Å². The quantitative estimate of drug-likeness (QED) is 0.773. The van der Waals surface area contributed by atoms with E-state index in [1.165, 1.54) is 0 Å². The Morgan fingerprint density at radius 1 is 1.39 bits per heavy atom. The summed E-state index contributed by atoms with van der Waals surface area (Å²) in [6, 6.07) is 7.12. The zero-order valence-corrected chi connectivity index (χ0v) is 10.8. The summed E-state index contributed by atoms with van der Waals surface area (Å²) in [5.74, 6) is 0. The van der Waals surface area contributed by atoms with Gasteiger partial charge in [0.15, 0.2) is 0 Å². The lowest BCUT2D eigenvalue weighted by molar-refractivity contribution is 0.399. The number of nitrogens with zero attached hydrogens (tertiary/aromatic N) is 3. The Morgan fingerprint density at radius 2 is 2.22 bits per heavy atom. The number of hydrogen-bond acceptors (Lipinski definition) is 4. The van der Waals surface area contributed by atoms with Gasteiger partial charge in [0.2, 0.25) is 0 Å². The minimum absolute atomic E-state index is 0.0370. The average molecular weight is 246 g/mol. The van der Waals surface area contributed by atoms with Crippen molar-refractivity contribution in [2.45, 2.75) is 6.54 Å². The van der Waals surface area contributed by atoms with Crippen molar-refractivity contribution >= 4 is 5.65 Å². The summed E-state index contributed by atoms with van der Waals surface area (Å²) in [4.78, 5) is 18.4. The molecule has 0 radical (unpaired) electrons. The summed E-state index contributed by atoms with van der Waals surface area (Å²) in [6.07, 6.45) is 1.73. The average Bonchev–Trinajstić information content (AvgIpc) is 2.35. The molecule has 0 spiro atoms. The van der Waals surface area contributed by atoms with Gasteiger partial charge in [-0.25, -0.2) is 4.98 Å². The highest BCUT2D eigenvalue weighted by atomic mass is 16.1. The third-order valence-corrected chi connectivity index (χ3v) is 2.67. The third kappa shape index (κ3) is 3.15. The Hall–Kier alpha value is -1.72. The second kappa shape index (κ2) is 5.75. The molecular formula is C13H18N4O. The smallest absolute Gasteiger partial charge is 0.258 e. The Kier molecular flexibility index (Phi) is 4.07. The van der Waals surface area contributed by atoms with E-state index in [4.69, 9.17) is 0 Å². The molecule has 2 aromatic rings. The Labute approximate surface area is 106 Å². The van der Waals surface area contributed by atoms with Gasteiger partial charge in [0.05, 0.1) is 5.69 Å². The van der Waals surface area contributed by atoms with E-state index in [2.05, 4.69) is 15.2 Å². The van der Waals surface area contributed by atoms with Gasteiger partial charge in [0, 0.05) is 31.9 Å². The van der Waals surface area contributed by atoms with Crippen molar-refractivity contribution in [3.8, 4) is 0 Å². The van der Waals surface area contributed by atoms with Gasteiger partial charge < -0.3 is 10.2 Å². The van der Waals surface area contributed by atoms with Crippen LogP contribution >= 0.6 is 0 Å². The predicted molar refractivity (Wildman–Crippen MR) is 71.7 cm³/mol. The summed E-state index contributed by atoms with van der Waals surface area (Å²) in [5, 5.41) is 3.27. The fourth-order valence-electron chi connectivity index (χ4n) is 1.71. The first-order valence-corrected chi connectivity index (χ1v) is 5.99. The summed E-state index contributed by atoms with van der Waals surface area (Å²) in [7, 11) is 4.06. The maximum atomic E-state index is 11.8. The van der Waals surface area contributed by atoms with Gasteiger partial charge in [-0.05, 0) is 26.2 Å². The van der Waals surface area contributed by atoms with Crippen LogP contribution in [0, 0.1) is 0 Å². The molecule has 2 aromatic heterocycles. The van der Waals surface area contributed by atoms with Gasteiger partial charge in [-0.15, -0.1) is 0 Å². The molecule has 96 valence electrons. The minimum atomic E-state index is -0.0370. The standard InChI is InChI=1S/C13H18N4O/c1-16(2)8-6-14-10-11-9-13(18)17-7-4-3-5-12(17)15-11/h3-5,7,9,14H,6,8,10H2,1-2H3. The summed E-state index contributed by atoms with van der Waals surface area (Å²) < 4.78 is 1.54. The molecule has 0 bridgehead atoms. The van der Waals surface area contributed by atoms with Crippen LogP contribution < -0.4 is 10.9 Å². The molecule has 0 fully saturated rings. The fourth-order valence-corrected chi connectivity index (χ4v) is 1.71. The highest BCUT2D eigenvalue weighted by Gasteiger charge is 2.01. The summed E-state index contributed by atoms with van der Waals surface area (Å²) in [5.41, 5.74) is 1.43. The highest BCUT2D eigenvalue weighted by Crippen LogP contribution is 1.98. The zero-order chi connectivity index (χ0) is 13.0. The van der Waals surface area contributed by atoms with E-state index < -0.39 is 0 Å². The van der Waals surface area contributed by atoms with Crippen LogP contribution in [0.1, 0.15) is 5.69 Å². The lowest BCUT2D eigenvalue weighted by atomic mass is 10.3. The highest BCUT2D eigenvalue weighted by molar-refractivity contribution is 5.37. The first kappa shape index (κ1) is 12.7. The van der Waals surface area contributed by atoms with Crippen molar-refractivity contribution in [1.82, 2.24) is 19.6 Å². The zero-order valence-electron chi connectivity index (χ0n) is 10.8. The SMILES string of the molecule is CN(C)CCNCc1cc(=O)n2ccccc2n1. The van der Waals surface area contributed by atoms with E-state index >= 15 is 0 Å². The van der Waals surface area contributed by atoms with Crippen LogP contribution in [0.3, 0.4) is 0 Å². The van der Waals surface area contributed by atoms with E-state index in [-0.39, 0.29) is 5.56 Å². The van der Waals surface area contributed by atoms with Gasteiger partial charge in [-0.1, -0.05) is 6.07 Å². The van der Waals surface area contributed by atoms with E-state index in [0.29, 0.717) is 12.2 Å². The van der Waals surface area contributed by atoms with E-state index in [0.717, 1.165) is 18.8 Å². The van der Waals surface area contributed by atoms with Crippen LogP contribution in [0.15, 0.2) is 35.3 Å². The molecule has 0 amide bonds. The minimum Gasteiger partial charge on any atom is -0.310 e. The van der Waals surface area contributed by atoms with Gasteiger partial charge in [-0.3, -0.25) is 9.20 Å². The van der Waals surface area contributed by atoms with Crippen molar-refractivity contribution in [2.75, 3.05) is 27.2 Å². The topological polar surface area (TPSA) is 49.6 Å². The van der Waals surface area contributed by atoms with Gasteiger partial charge >= 0.3 is 0 Å². The molecule has 2 heterocycles. The van der Waals surface area contributed by atoms with Crippen molar-refractivity contribution < 1.29 is 0 Å². The normalized spacial score (nSPS) is 11.3. The molecule has 0 aromatic carbocycles. The molecule has 2 rings (SSSR count).